The van der Waals surface area contributed by atoms with E-state index >= 15 is 0 Å². The summed E-state index contributed by atoms with van der Waals surface area (Å²) in [6.07, 6.45) is 11.6. The van der Waals surface area contributed by atoms with Crippen LogP contribution in [0.2, 0.25) is 0 Å². The maximum absolute atomic E-state index is 5.79. The lowest BCUT2D eigenvalue weighted by atomic mass is 9.70. The fourth-order valence-corrected chi connectivity index (χ4v) is 5.32. The summed E-state index contributed by atoms with van der Waals surface area (Å²) in [5.41, 5.74) is 11.5. The molecular formula is C29H16. The minimum absolute atomic E-state index is 0.391. The molecule has 2 aliphatic carbocycles. The monoisotopic (exact) mass is 364 g/mol. The van der Waals surface area contributed by atoms with Crippen molar-refractivity contribution in [2.45, 2.75) is 5.41 Å². The first-order valence-corrected chi connectivity index (χ1v) is 9.71. The van der Waals surface area contributed by atoms with Crippen molar-refractivity contribution < 1.29 is 0 Å². The molecule has 4 aromatic carbocycles. The second-order valence-corrected chi connectivity index (χ2v) is 7.65. The highest BCUT2D eigenvalue weighted by Gasteiger charge is 2.51. The van der Waals surface area contributed by atoms with Crippen molar-refractivity contribution in [1.29, 1.82) is 0 Å². The van der Waals surface area contributed by atoms with Gasteiger partial charge in [0, 0.05) is 11.1 Å². The molecule has 29 heavy (non-hydrogen) atoms. The van der Waals surface area contributed by atoms with Crippen LogP contribution in [0.4, 0.5) is 0 Å². The number of terminal acetylenes is 2. The Morgan fingerprint density at radius 3 is 1.34 bits per heavy atom. The van der Waals surface area contributed by atoms with Gasteiger partial charge in [-0.25, -0.2) is 0 Å². The molecular weight excluding hydrogens is 348 g/mol. The maximum Gasteiger partial charge on any atom is 0.0726 e. The van der Waals surface area contributed by atoms with Crippen molar-refractivity contribution in [2.24, 2.45) is 0 Å². The van der Waals surface area contributed by atoms with E-state index in [1.54, 1.807) is 0 Å². The van der Waals surface area contributed by atoms with Crippen molar-refractivity contribution in [3.8, 4) is 46.9 Å². The molecule has 0 saturated carbocycles. The van der Waals surface area contributed by atoms with Gasteiger partial charge in [0.05, 0.1) is 5.41 Å². The Morgan fingerprint density at radius 1 is 0.483 bits per heavy atom. The van der Waals surface area contributed by atoms with E-state index in [0.717, 1.165) is 11.1 Å². The third-order valence-electron chi connectivity index (χ3n) is 6.42. The van der Waals surface area contributed by atoms with Crippen LogP contribution in [0, 0.1) is 24.7 Å². The van der Waals surface area contributed by atoms with Gasteiger partial charge in [0.25, 0.3) is 0 Å². The summed E-state index contributed by atoms with van der Waals surface area (Å²) in [6.45, 7) is 0. The predicted molar refractivity (Wildman–Crippen MR) is 119 cm³/mol. The average Bonchev–Trinajstić information content (AvgIpc) is 3.25. The Labute approximate surface area is 170 Å². The Bertz CT molecular complexity index is 1310. The standard InChI is InChI=1S/C29H16/c1-3-19-13-15-23-24-16-14-20(4-2)18-28(24)29(27(23)17-19)25-11-7-5-9-21(25)22-10-6-8-12-26(22)29/h1-2,5-18H. The molecule has 0 unspecified atom stereocenters. The number of hydrogen-bond donors (Lipinski definition) is 0. The molecule has 132 valence electrons. The highest BCUT2D eigenvalue weighted by Crippen LogP contribution is 2.62. The van der Waals surface area contributed by atoms with Gasteiger partial charge in [-0.1, -0.05) is 72.5 Å². The van der Waals surface area contributed by atoms with E-state index in [1.807, 2.05) is 12.1 Å². The zero-order valence-corrected chi connectivity index (χ0v) is 15.7. The van der Waals surface area contributed by atoms with E-state index < -0.39 is 5.41 Å². The van der Waals surface area contributed by atoms with Gasteiger partial charge in [0.1, 0.15) is 0 Å². The molecule has 0 amide bonds. The molecule has 0 aromatic heterocycles. The molecule has 0 atom stereocenters. The van der Waals surface area contributed by atoms with Gasteiger partial charge in [0.2, 0.25) is 0 Å². The fraction of sp³-hybridized carbons (Fsp3) is 0.0345. The zero-order chi connectivity index (χ0) is 19.6. The highest BCUT2D eigenvalue weighted by atomic mass is 14.5. The Kier molecular flexibility index (Phi) is 3.04. The van der Waals surface area contributed by atoms with Crippen molar-refractivity contribution in [2.75, 3.05) is 0 Å². The molecule has 1 spiro atoms. The van der Waals surface area contributed by atoms with Crippen LogP contribution in [-0.2, 0) is 5.41 Å². The van der Waals surface area contributed by atoms with Gasteiger partial charge in [-0.3, -0.25) is 0 Å². The van der Waals surface area contributed by atoms with E-state index in [4.69, 9.17) is 12.8 Å². The molecule has 0 saturated heterocycles. The quantitative estimate of drug-likeness (QED) is 0.290. The molecule has 0 N–H and O–H groups in total. The second kappa shape index (κ2) is 5.51. The minimum Gasteiger partial charge on any atom is -0.115 e. The average molecular weight is 364 g/mol. The van der Waals surface area contributed by atoms with Crippen molar-refractivity contribution in [3.63, 3.8) is 0 Å². The van der Waals surface area contributed by atoms with Gasteiger partial charge >= 0.3 is 0 Å². The molecule has 0 fully saturated rings. The fourth-order valence-electron chi connectivity index (χ4n) is 5.32. The Balaban J connectivity index is 1.87. The summed E-state index contributed by atoms with van der Waals surface area (Å²) < 4.78 is 0. The summed E-state index contributed by atoms with van der Waals surface area (Å²) in [7, 11) is 0. The van der Waals surface area contributed by atoms with Crippen LogP contribution in [0.25, 0.3) is 22.3 Å². The summed E-state index contributed by atoms with van der Waals surface area (Å²) in [6, 6.07) is 30.2. The largest absolute Gasteiger partial charge is 0.115 e. The molecule has 0 heteroatoms. The first-order valence-electron chi connectivity index (χ1n) is 9.71. The van der Waals surface area contributed by atoms with Crippen LogP contribution in [0.5, 0.6) is 0 Å². The van der Waals surface area contributed by atoms with Crippen LogP contribution in [-0.4, -0.2) is 0 Å². The molecule has 0 bridgehead atoms. The highest BCUT2D eigenvalue weighted by molar-refractivity contribution is 5.95. The summed E-state index contributed by atoms with van der Waals surface area (Å²) in [5.74, 6) is 5.66. The topological polar surface area (TPSA) is 0 Å². The zero-order valence-electron chi connectivity index (χ0n) is 15.7. The molecule has 0 radical (unpaired) electrons. The molecule has 6 rings (SSSR count). The predicted octanol–water partition coefficient (Wildman–Crippen LogP) is 5.99. The SMILES string of the molecule is C#Cc1ccc2c(c1)C1(c3ccccc3-c3ccccc31)c1cc(C#C)ccc1-2. The van der Waals surface area contributed by atoms with E-state index in [1.165, 1.54) is 44.5 Å². The first kappa shape index (κ1) is 16.0. The van der Waals surface area contributed by atoms with Crippen molar-refractivity contribution >= 4 is 0 Å². The minimum atomic E-state index is -0.391. The van der Waals surface area contributed by atoms with Gasteiger partial charge in [-0.2, -0.15) is 0 Å². The summed E-state index contributed by atoms with van der Waals surface area (Å²) in [4.78, 5) is 0. The number of benzene rings is 4. The molecule has 4 aromatic rings. The molecule has 2 aliphatic rings. The normalized spacial score (nSPS) is 13.7. The number of fused-ring (bicyclic) bond motifs is 10. The van der Waals surface area contributed by atoms with Crippen molar-refractivity contribution in [1.82, 2.24) is 0 Å². The van der Waals surface area contributed by atoms with Crippen LogP contribution in [0.15, 0.2) is 84.9 Å². The molecule has 0 heterocycles. The molecule has 0 nitrogen and oxygen atoms in total. The lowest BCUT2D eigenvalue weighted by molar-refractivity contribution is 0.793. The Morgan fingerprint density at radius 2 is 0.897 bits per heavy atom. The lowest BCUT2D eigenvalue weighted by Crippen LogP contribution is -2.26. The van der Waals surface area contributed by atoms with Crippen LogP contribution < -0.4 is 0 Å². The third-order valence-corrected chi connectivity index (χ3v) is 6.42. The lowest BCUT2D eigenvalue weighted by Gasteiger charge is -2.30. The van der Waals surface area contributed by atoms with Gasteiger partial charge in [-0.15, -0.1) is 12.8 Å². The van der Waals surface area contributed by atoms with Crippen LogP contribution in [0.3, 0.4) is 0 Å². The number of hydrogen-bond acceptors (Lipinski definition) is 0. The van der Waals surface area contributed by atoms with Crippen LogP contribution >= 0.6 is 0 Å². The number of rotatable bonds is 0. The summed E-state index contributed by atoms with van der Waals surface area (Å²) >= 11 is 0. The smallest absolute Gasteiger partial charge is 0.0726 e. The molecule has 0 aliphatic heterocycles. The maximum atomic E-state index is 5.79. The van der Waals surface area contributed by atoms with E-state index in [2.05, 4.69) is 84.6 Å². The van der Waals surface area contributed by atoms with Crippen molar-refractivity contribution in [3.05, 3.63) is 118 Å². The van der Waals surface area contributed by atoms with E-state index in [0.29, 0.717) is 0 Å². The van der Waals surface area contributed by atoms with E-state index in [-0.39, 0.29) is 0 Å². The van der Waals surface area contributed by atoms with E-state index in [9.17, 15) is 0 Å². The third kappa shape index (κ3) is 1.81. The van der Waals surface area contributed by atoms with Crippen LogP contribution in [0.1, 0.15) is 33.4 Å². The second-order valence-electron chi connectivity index (χ2n) is 7.65. The van der Waals surface area contributed by atoms with Gasteiger partial charge < -0.3 is 0 Å². The first-order chi connectivity index (χ1) is 14.3. The van der Waals surface area contributed by atoms with Gasteiger partial charge in [-0.05, 0) is 68.8 Å². The Hall–Kier alpha value is -4.00. The van der Waals surface area contributed by atoms with Gasteiger partial charge in [0.15, 0.2) is 0 Å². The summed E-state index contributed by atoms with van der Waals surface area (Å²) in [5, 5.41) is 0.